The van der Waals surface area contributed by atoms with Crippen LogP contribution in [0.2, 0.25) is 0 Å². The van der Waals surface area contributed by atoms with Crippen LogP contribution in [0.4, 0.5) is 0 Å². The van der Waals surface area contributed by atoms with Gasteiger partial charge in [-0.25, -0.2) is 0 Å². The molecule has 0 bridgehead atoms. The van der Waals surface area contributed by atoms with E-state index in [-0.39, 0.29) is 24.1 Å². The highest BCUT2D eigenvalue weighted by molar-refractivity contribution is 7.99. The van der Waals surface area contributed by atoms with Gasteiger partial charge in [0.25, 0.3) is 0 Å². The van der Waals surface area contributed by atoms with Crippen LogP contribution in [0, 0.1) is 0 Å². The minimum atomic E-state index is -0.904. The predicted molar refractivity (Wildman–Crippen MR) is 73.5 cm³/mol. The molecule has 0 saturated heterocycles. The number of carbonyl (C=O) groups is 2. The van der Waals surface area contributed by atoms with Gasteiger partial charge < -0.3 is 15.0 Å². The largest absolute Gasteiger partial charge is 0.481 e. The lowest BCUT2D eigenvalue weighted by Crippen LogP contribution is -2.37. The van der Waals surface area contributed by atoms with Gasteiger partial charge in [-0.2, -0.15) is 0 Å². The highest BCUT2D eigenvalue weighted by Crippen LogP contribution is 2.37. The summed E-state index contributed by atoms with van der Waals surface area (Å²) in [5.41, 5.74) is 0. The molecular weight excluding hydrogens is 280 g/mol. The van der Waals surface area contributed by atoms with Crippen molar-refractivity contribution in [3.63, 3.8) is 0 Å². The zero-order valence-electron chi connectivity index (χ0n) is 11.3. The van der Waals surface area contributed by atoms with Crippen LogP contribution in [0.1, 0.15) is 38.6 Å². The van der Waals surface area contributed by atoms with E-state index in [2.05, 4.69) is 15.5 Å². The summed E-state index contributed by atoms with van der Waals surface area (Å²) < 4.78 is 1.99. The maximum atomic E-state index is 11.8. The van der Waals surface area contributed by atoms with Crippen molar-refractivity contribution in [2.75, 3.05) is 5.75 Å². The Hall–Kier alpha value is -1.57. The van der Waals surface area contributed by atoms with Gasteiger partial charge in [0.15, 0.2) is 5.16 Å². The molecule has 2 N–H and O–H groups in total. The number of amides is 1. The van der Waals surface area contributed by atoms with Crippen LogP contribution in [0.15, 0.2) is 11.5 Å². The lowest BCUT2D eigenvalue weighted by atomic mass is 10.1. The zero-order chi connectivity index (χ0) is 14.5. The van der Waals surface area contributed by atoms with Crippen molar-refractivity contribution in [1.82, 2.24) is 20.1 Å². The fraction of sp³-hybridized carbons (Fsp3) is 0.667. The van der Waals surface area contributed by atoms with E-state index in [1.54, 1.807) is 6.33 Å². The molecular formula is C12H18N4O3S. The van der Waals surface area contributed by atoms with Crippen molar-refractivity contribution in [3.05, 3.63) is 6.33 Å². The van der Waals surface area contributed by atoms with Gasteiger partial charge in [-0.1, -0.05) is 18.7 Å². The van der Waals surface area contributed by atoms with Crippen molar-refractivity contribution in [2.45, 2.75) is 49.8 Å². The Balaban J connectivity index is 1.79. The Morgan fingerprint density at radius 2 is 2.35 bits per heavy atom. The van der Waals surface area contributed by atoms with E-state index in [1.165, 1.54) is 11.8 Å². The van der Waals surface area contributed by atoms with E-state index in [0.717, 1.165) is 18.0 Å². The van der Waals surface area contributed by atoms with Gasteiger partial charge in [0, 0.05) is 12.1 Å². The van der Waals surface area contributed by atoms with Crippen molar-refractivity contribution < 1.29 is 14.7 Å². The molecule has 1 aromatic rings. The van der Waals surface area contributed by atoms with Crippen LogP contribution >= 0.6 is 11.8 Å². The first kappa shape index (κ1) is 14.8. The summed E-state index contributed by atoms with van der Waals surface area (Å²) in [4.78, 5) is 22.4. The first-order chi connectivity index (χ1) is 9.60. The third kappa shape index (κ3) is 4.22. The fourth-order valence-electron chi connectivity index (χ4n) is 1.85. The summed E-state index contributed by atoms with van der Waals surface area (Å²) in [7, 11) is 0. The van der Waals surface area contributed by atoms with Gasteiger partial charge in [-0.05, 0) is 19.3 Å². The summed E-state index contributed by atoms with van der Waals surface area (Å²) in [6, 6.07) is 0.160. The molecule has 110 valence electrons. The molecule has 1 fully saturated rings. The van der Waals surface area contributed by atoms with Gasteiger partial charge in [-0.3, -0.25) is 9.59 Å². The van der Waals surface area contributed by atoms with Crippen molar-refractivity contribution in [2.24, 2.45) is 0 Å². The molecule has 7 nitrogen and oxygen atoms in total. The van der Waals surface area contributed by atoms with Gasteiger partial charge in [0.1, 0.15) is 6.33 Å². The molecule has 20 heavy (non-hydrogen) atoms. The highest BCUT2D eigenvalue weighted by Gasteiger charge is 2.26. The van der Waals surface area contributed by atoms with Crippen LogP contribution in [0.3, 0.4) is 0 Å². The second-order valence-electron chi connectivity index (χ2n) is 4.81. The molecule has 0 spiro atoms. The number of carbonyl (C=O) groups excluding carboxylic acids is 1. The Kier molecular flexibility index (Phi) is 4.99. The molecule has 1 atom stereocenters. The topological polar surface area (TPSA) is 97.1 Å². The number of nitrogens with zero attached hydrogens (tertiary/aromatic N) is 3. The first-order valence-corrected chi connectivity index (χ1v) is 7.62. The van der Waals surface area contributed by atoms with Crippen molar-refractivity contribution >= 4 is 23.6 Å². The summed E-state index contributed by atoms with van der Waals surface area (Å²) in [6.07, 6.45) is 4.51. The van der Waals surface area contributed by atoms with E-state index in [0.29, 0.717) is 12.5 Å². The quantitative estimate of drug-likeness (QED) is 0.697. The molecule has 1 aliphatic rings. The van der Waals surface area contributed by atoms with E-state index in [1.807, 2.05) is 11.5 Å². The summed E-state index contributed by atoms with van der Waals surface area (Å²) in [5.74, 6) is -0.853. The molecule has 0 aromatic carbocycles. The smallest absolute Gasteiger partial charge is 0.305 e. The minimum absolute atomic E-state index is 0.0504. The number of aromatic nitrogens is 3. The molecule has 1 aliphatic carbocycles. The average molecular weight is 298 g/mol. The number of rotatable bonds is 8. The van der Waals surface area contributed by atoms with Crippen molar-refractivity contribution in [1.29, 1.82) is 0 Å². The van der Waals surface area contributed by atoms with Gasteiger partial charge >= 0.3 is 5.97 Å². The zero-order valence-corrected chi connectivity index (χ0v) is 12.1. The van der Waals surface area contributed by atoms with Gasteiger partial charge in [-0.15, -0.1) is 10.2 Å². The number of carboxylic acid groups (broad SMARTS) is 1. The van der Waals surface area contributed by atoms with Crippen LogP contribution in [0.25, 0.3) is 0 Å². The van der Waals surface area contributed by atoms with Crippen molar-refractivity contribution in [3.8, 4) is 0 Å². The van der Waals surface area contributed by atoms with Crippen LogP contribution < -0.4 is 5.32 Å². The summed E-state index contributed by atoms with van der Waals surface area (Å²) in [6.45, 7) is 1.85. The normalized spacial score (nSPS) is 15.8. The molecule has 1 unspecified atom stereocenters. The first-order valence-electron chi connectivity index (χ1n) is 6.63. The molecule has 0 aliphatic heterocycles. The molecule has 8 heteroatoms. The van der Waals surface area contributed by atoms with Crippen LogP contribution in [0.5, 0.6) is 0 Å². The van der Waals surface area contributed by atoms with Crippen LogP contribution in [-0.4, -0.2) is 43.5 Å². The number of nitrogens with one attached hydrogen (secondary N) is 1. The second kappa shape index (κ2) is 6.74. The van der Waals surface area contributed by atoms with E-state index in [9.17, 15) is 9.59 Å². The number of thioether (sulfide) groups is 1. The fourth-order valence-corrected chi connectivity index (χ4v) is 2.64. The monoisotopic (exact) mass is 298 g/mol. The van der Waals surface area contributed by atoms with E-state index in [4.69, 9.17) is 5.11 Å². The SMILES string of the molecule is CCC(CC(=O)O)NC(=O)CSc1nncn1C1CC1. The molecule has 2 rings (SSSR count). The highest BCUT2D eigenvalue weighted by atomic mass is 32.2. The standard InChI is InChI=1S/C12H18N4O3S/c1-2-8(5-11(18)19)14-10(17)6-20-12-15-13-7-16(12)9-3-4-9/h7-9H,2-6H2,1H3,(H,14,17)(H,18,19). The Labute approximate surface area is 121 Å². The van der Waals surface area contributed by atoms with E-state index >= 15 is 0 Å². The predicted octanol–water partition coefficient (Wildman–Crippen LogP) is 1.07. The third-order valence-electron chi connectivity index (χ3n) is 3.09. The van der Waals surface area contributed by atoms with Gasteiger partial charge in [0.2, 0.25) is 5.91 Å². The maximum Gasteiger partial charge on any atom is 0.305 e. The van der Waals surface area contributed by atoms with Gasteiger partial charge in [0.05, 0.1) is 12.2 Å². The number of aliphatic carboxylic acids is 1. The molecule has 1 amide bonds. The van der Waals surface area contributed by atoms with E-state index < -0.39 is 5.97 Å². The van der Waals surface area contributed by atoms with Crippen LogP contribution in [-0.2, 0) is 9.59 Å². The summed E-state index contributed by atoms with van der Waals surface area (Å²) in [5, 5.41) is 20.1. The summed E-state index contributed by atoms with van der Waals surface area (Å²) >= 11 is 1.33. The number of hydrogen-bond acceptors (Lipinski definition) is 5. The average Bonchev–Trinajstić information content (AvgIpc) is 3.14. The number of carboxylic acids is 1. The lowest BCUT2D eigenvalue weighted by molar-refractivity contribution is -0.137. The Morgan fingerprint density at radius 3 is 2.95 bits per heavy atom. The minimum Gasteiger partial charge on any atom is -0.481 e. The second-order valence-corrected chi connectivity index (χ2v) is 5.75. The lowest BCUT2D eigenvalue weighted by Gasteiger charge is -2.14. The third-order valence-corrected chi connectivity index (χ3v) is 4.05. The Bertz CT molecular complexity index is 487. The number of hydrogen-bond donors (Lipinski definition) is 2. The molecule has 1 saturated carbocycles. The molecule has 1 aromatic heterocycles. The molecule has 0 radical (unpaired) electrons. The molecule has 1 heterocycles. The Morgan fingerprint density at radius 1 is 1.60 bits per heavy atom. The maximum absolute atomic E-state index is 11.8.